The third kappa shape index (κ3) is 3.59. The molecule has 1 aromatic heterocycles. The van der Waals surface area contributed by atoms with Crippen molar-refractivity contribution in [3.05, 3.63) is 36.0 Å². The summed E-state index contributed by atoms with van der Waals surface area (Å²) < 4.78 is 2.23. The van der Waals surface area contributed by atoms with Gasteiger partial charge in [-0.25, -0.2) is 0 Å². The number of nitrogens with one attached hydrogen (secondary N) is 1. The summed E-state index contributed by atoms with van der Waals surface area (Å²) in [4.78, 5) is 0. The molecule has 1 aromatic carbocycles. The van der Waals surface area contributed by atoms with Crippen LogP contribution in [-0.4, -0.2) is 10.6 Å². The van der Waals surface area contributed by atoms with E-state index in [4.69, 9.17) is 5.26 Å². The van der Waals surface area contributed by atoms with Gasteiger partial charge in [0.15, 0.2) is 0 Å². The average molecular weight is 255 g/mol. The van der Waals surface area contributed by atoms with Crippen molar-refractivity contribution in [3.63, 3.8) is 0 Å². The van der Waals surface area contributed by atoms with E-state index >= 15 is 0 Å². The van der Waals surface area contributed by atoms with Crippen LogP contribution in [0.4, 0.5) is 0 Å². The number of rotatable bonds is 6. The molecule has 100 valence electrons. The van der Waals surface area contributed by atoms with Crippen molar-refractivity contribution in [2.75, 3.05) is 0 Å². The van der Waals surface area contributed by atoms with Gasteiger partial charge in [-0.15, -0.1) is 0 Å². The van der Waals surface area contributed by atoms with E-state index in [2.05, 4.69) is 60.3 Å². The van der Waals surface area contributed by atoms with Gasteiger partial charge < -0.3 is 9.88 Å². The zero-order valence-electron chi connectivity index (χ0n) is 11.7. The van der Waals surface area contributed by atoms with Gasteiger partial charge in [-0.2, -0.15) is 5.26 Å². The molecule has 0 aliphatic carbocycles. The minimum absolute atomic E-state index is 0.506. The highest BCUT2D eigenvalue weighted by Gasteiger charge is 2.02. The van der Waals surface area contributed by atoms with E-state index in [9.17, 15) is 0 Å². The molecule has 0 unspecified atom stereocenters. The topological polar surface area (TPSA) is 40.8 Å². The first-order valence-electron chi connectivity index (χ1n) is 6.89. The van der Waals surface area contributed by atoms with Crippen molar-refractivity contribution < 1.29 is 0 Å². The van der Waals surface area contributed by atoms with Crippen LogP contribution >= 0.6 is 0 Å². The number of unbranched alkanes of at least 4 members (excludes halogenated alkanes) is 1. The van der Waals surface area contributed by atoms with Gasteiger partial charge in [-0.3, -0.25) is 0 Å². The fourth-order valence-electron chi connectivity index (χ4n) is 2.20. The molecule has 0 saturated heterocycles. The molecule has 0 saturated carbocycles. The average Bonchev–Trinajstić information content (AvgIpc) is 2.79. The lowest BCUT2D eigenvalue weighted by atomic mass is 10.1. The normalized spacial score (nSPS) is 11.1. The summed E-state index contributed by atoms with van der Waals surface area (Å²) in [6.45, 7) is 6.14. The quantitative estimate of drug-likeness (QED) is 0.803. The Morgan fingerprint density at radius 1 is 1.32 bits per heavy atom. The maximum Gasteiger partial charge on any atom is 0.0622 e. The molecule has 1 heterocycles. The molecule has 0 aliphatic rings. The third-order valence-corrected chi connectivity index (χ3v) is 3.24. The largest absolute Gasteiger partial charge is 0.347 e. The Morgan fingerprint density at radius 3 is 2.89 bits per heavy atom. The first-order chi connectivity index (χ1) is 9.20. The Hall–Kier alpha value is -1.79. The second kappa shape index (κ2) is 6.40. The van der Waals surface area contributed by atoms with E-state index in [1.807, 2.05) is 0 Å². The van der Waals surface area contributed by atoms with Crippen LogP contribution in [0.1, 0.15) is 32.3 Å². The zero-order valence-corrected chi connectivity index (χ0v) is 11.7. The SMILES string of the molecule is CC(C)NCc1ccc2c(ccn2CCCC#N)c1. The Kier molecular flexibility index (Phi) is 4.59. The van der Waals surface area contributed by atoms with Gasteiger partial charge in [0.2, 0.25) is 0 Å². The molecule has 2 aromatic rings. The van der Waals surface area contributed by atoms with E-state index < -0.39 is 0 Å². The lowest BCUT2D eigenvalue weighted by Crippen LogP contribution is -2.21. The highest BCUT2D eigenvalue weighted by atomic mass is 14.9. The number of benzene rings is 1. The molecule has 0 spiro atoms. The van der Waals surface area contributed by atoms with Gasteiger partial charge in [-0.1, -0.05) is 19.9 Å². The van der Waals surface area contributed by atoms with Crippen molar-refractivity contribution in [1.82, 2.24) is 9.88 Å². The van der Waals surface area contributed by atoms with Gasteiger partial charge in [0.1, 0.15) is 0 Å². The van der Waals surface area contributed by atoms with Gasteiger partial charge in [-0.05, 0) is 35.6 Å². The number of fused-ring (bicyclic) bond motifs is 1. The molecule has 3 heteroatoms. The fraction of sp³-hybridized carbons (Fsp3) is 0.438. The number of hydrogen-bond acceptors (Lipinski definition) is 2. The monoisotopic (exact) mass is 255 g/mol. The molecule has 0 amide bonds. The second-order valence-corrected chi connectivity index (χ2v) is 5.20. The summed E-state index contributed by atoms with van der Waals surface area (Å²) in [5.74, 6) is 0. The van der Waals surface area contributed by atoms with Crippen molar-refractivity contribution in [2.45, 2.75) is 45.8 Å². The lowest BCUT2D eigenvalue weighted by molar-refractivity contribution is 0.589. The molecule has 0 bridgehead atoms. The molecule has 0 aliphatic heterocycles. The maximum absolute atomic E-state index is 8.58. The van der Waals surface area contributed by atoms with E-state index in [0.29, 0.717) is 12.5 Å². The Labute approximate surface area is 114 Å². The summed E-state index contributed by atoms with van der Waals surface area (Å²) in [6, 6.07) is 11.5. The van der Waals surface area contributed by atoms with Crippen LogP contribution in [0.25, 0.3) is 10.9 Å². The number of nitriles is 1. The van der Waals surface area contributed by atoms with Crippen molar-refractivity contribution >= 4 is 10.9 Å². The number of aryl methyl sites for hydroxylation is 1. The molecule has 0 fully saturated rings. The minimum atomic E-state index is 0.506. The van der Waals surface area contributed by atoms with E-state index in [1.54, 1.807) is 0 Å². The molecule has 0 atom stereocenters. The summed E-state index contributed by atoms with van der Waals surface area (Å²) in [6.07, 6.45) is 3.65. The Balaban J connectivity index is 2.10. The van der Waals surface area contributed by atoms with Crippen molar-refractivity contribution in [3.8, 4) is 6.07 Å². The van der Waals surface area contributed by atoms with Gasteiger partial charge >= 0.3 is 0 Å². The predicted molar refractivity (Wildman–Crippen MR) is 78.8 cm³/mol. The van der Waals surface area contributed by atoms with Gasteiger partial charge in [0, 0.05) is 37.3 Å². The maximum atomic E-state index is 8.58. The van der Waals surface area contributed by atoms with Crippen LogP contribution < -0.4 is 5.32 Å². The first-order valence-corrected chi connectivity index (χ1v) is 6.89. The number of hydrogen-bond donors (Lipinski definition) is 1. The van der Waals surface area contributed by atoms with E-state index in [1.165, 1.54) is 16.5 Å². The first kappa shape index (κ1) is 13.6. The highest BCUT2D eigenvalue weighted by molar-refractivity contribution is 5.80. The number of aromatic nitrogens is 1. The molecule has 2 rings (SSSR count). The molecular weight excluding hydrogens is 234 g/mol. The third-order valence-electron chi connectivity index (χ3n) is 3.24. The molecule has 19 heavy (non-hydrogen) atoms. The van der Waals surface area contributed by atoms with Gasteiger partial charge in [0.25, 0.3) is 0 Å². The summed E-state index contributed by atoms with van der Waals surface area (Å²) in [5, 5.41) is 13.3. The lowest BCUT2D eigenvalue weighted by Gasteiger charge is -2.09. The highest BCUT2D eigenvalue weighted by Crippen LogP contribution is 2.18. The second-order valence-electron chi connectivity index (χ2n) is 5.20. The summed E-state index contributed by atoms with van der Waals surface area (Å²) in [7, 11) is 0. The standard InChI is InChI=1S/C16H21N3/c1-13(2)18-12-14-5-6-16-15(11-14)7-10-19(16)9-4-3-8-17/h5-7,10-11,13,18H,3-4,9,12H2,1-2H3. The Bertz CT molecular complexity index is 575. The van der Waals surface area contributed by atoms with E-state index in [0.717, 1.165) is 19.5 Å². The van der Waals surface area contributed by atoms with E-state index in [-0.39, 0.29) is 0 Å². The summed E-state index contributed by atoms with van der Waals surface area (Å²) in [5.41, 5.74) is 2.57. The Morgan fingerprint density at radius 2 is 2.16 bits per heavy atom. The van der Waals surface area contributed by atoms with Crippen LogP contribution in [0.3, 0.4) is 0 Å². The van der Waals surface area contributed by atoms with Crippen LogP contribution in [0.5, 0.6) is 0 Å². The van der Waals surface area contributed by atoms with Crippen LogP contribution in [0.15, 0.2) is 30.5 Å². The number of nitrogens with zero attached hydrogens (tertiary/aromatic N) is 2. The fourth-order valence-corrected chi connectivity index (χ4v) is 2.20. The zero-order chi connectivity index (χ0) is 13.7. The summed E-state index contributed by atoms with van der Waals surface area (Å²) >= 11 is 0. The van der Waals surface area contributed by atoms with Crippen molar-refractivity contribution in [2.24, 2.45) is 0 Å². The van der Waals surface area contributed by atoms with Crippen molar-refractivity contribution in [1.29, 1.82) is 5.26 Å². The van der Waals surface area contributed by atoms with Crippen LogP contribution in [-0.2, 0) is 13.1 Å². The molecule has 3 nitrogen and oxygen atoms in total. The molecule has 1 N–H and O–H groups in total. The molecular formula is C16H21N3. The smallest absolute Gasteiger partial charge is 0.0622 e. The van der Waals surface area contributed by atoms with Crippen LogP contribution in [0.2, 0.25) is 0 Å². The minimum Gasteiger partial charge on any atom is -0.347 e. The van der Waals surface area contributed by atoms with Crippen LogP contribution in [0, 0.1) is 11.3 Å². The van der Waals surface area contributed by atoms with Gasteiger partial charge in [0.05, 0.1) is 6.07 Å². The predicted octanol–water partition coefficient (Wildman–Crippen LogP) is 3.44. The molecule has 0 radical (unpaired) electrons.